The van der Waals surface area contributed by atoms with Gasteiger partial charge in [-0.15, -0.1) is 0 Å². The number of likely N-dealkylation sites (tertiary alicyclic amines) is 1. The molecule has 7 nitrogen and oxygen atoms in total. The number of halogens is 3. The molecule has 10 heteroatoms. The maximum Gasteiger partial charge on any atom is 0.490 e. The Morgan fingerprint density at radius 1 is 1.20 bits per heavy atom. The Morgan fingerprint density at radius 3 is 2.33 bits per heavy atom. The number of hydrogen-bond acceptors (Lipinski definition) is 4. The highest BCUT2D eigenvalue weighted by Gasteiger charge is 2.50. The average Bonchev–Trinajstić information content (AvgIpc) is 3.19. The van der Waals surface area contributed by atoms with Crippen LogP contribution in [0.1, 0.15) is 24.0 Å². The molecule has 0 aliphatic carbocycles. The van der Waals surface area contributed by atoms with Crippen molar-refractivity contribution in [1.29, 1.82) is 0 Å². The van der Waals surface area contributed by atoms with E-state index in [1.54, 1.807) is 0 Å². The molecule has 162 valence electrons. The van der Waals surface area contributed by atoms with Gasteiger partial charge in [0.15, 0.2) is 0 Å². The number of anilines is 1. The summed E-state index contributed by atoms with van der Waals surface area (Å²) < 4.78 is 33.6. The van der Waals surface area contributed by atoms with E-state index in [-0.39, 0.29) is 11.3 Å². The number of aromatic nitrogens is 2. The second-order valence-electron chi connectivity index (χ2n) is 7.56. The van der Waals surface area contributed by atoms with Crippen molar-refractivity contribution in [1.82, 2.24) is 14.7 Å². The summed E-state index contributed by atoms with van der Waals surface area (Å²) in [6, 6.07) is 8.26. The lowest BCUT2D eigenvalue weighted by atomic mass is 9.73. The molecule has 1 aromatic heterocycles. The van der Waals surface area contributed by atoms with E-state index >= 15 is 0 Å². The molecule has 1 aromatic carbocycles. The normalized spacial score (nSPS) is 18.2. The number of aryl methyl sites for hydroxylation is 1. The monoisotopic (exact) mass is 424 g/mol. The second-order valence-corrected chi connectivity index (χ2v) is 7.56. The largest absolute Gasteiger partial charge is 0.490 e. The van der Waals surface area contributed by atoms with Crippen LogP contribution in [0.2, 0.25) is 0 Å². The highest BCUT2D eigenvalue weighted by molar-refractivity contribution is 6.07. The molecule has 1 saturated heterocycles. The summed E-state index contributed by atoms with van der Waals surface area (Å²) in [6.45, 7) is 2.81. The summed E-state index contributed by atoms with van der Waals surface area (Å²) in [7, 11) is 3.84. The highest BCUT2D eigenvalue weighted by Crippen LogP contribution is 2.47. The summed E-state index contributed by atoms with van der Waals surface area (Å²) >= 11 is 0. The number of rotatable bonds is 2. The average molecular weight is 424 g/mol. The molecule has 0 radical (unpaired) electrons. The summed E-state index contributed by atoms with van der Waals surface area (Å²) in [5.41, 5.74) is 3.22. The third-order valence-electron chi connectivity index (χ3n) is 5.61. The number of fused-ring (bicyclic) bond motifs is 2. The van der Waals surface area contributed by atoms with Crippen molar-refractivity contribution in [3.8, 4) is 0 Å². The molecule has 0 bridgehead atoms. The number of amides is 1. The van der Waals surface area contributed by atoms with E-state index in [1.165, 1.54) is 11.1 Å². The number of carbonyl (C=O) groups excluding carboxylic acids is 1. The van der Waals surface area contributed by atoms with Crippen molar-refractivity contribution in [2.24, 2.45) is 7.05 Å². The number of para-hydroxylation sites is 1. The topological polar surface area (TPSA) is 78.7 Å². The molecule has 4 rings (SSSR count). The summed E-state index contributed by atoms with van der Waals surface area (Å²) in [4.78, 5) is 26.1. The van der Waals surface area contributed by atoms with Gasteiger partial charge < -0.3 is 10.0 Å². The van der Waals surface area contributed by atoms with Crippen LogP contribution < -0.4 is 4.90 Å². The van der Waals surface area contributed by atoms with E-state index in [1.807, 2.05) is 35.9 Å². The Bertz CT molecular complexity index is 933. The van der Waals surface area contributed by atoms with Crippen molar-refractivity contribution < 1.29 is 27.9 Å². The molecule has 1 N–H and O–H groups in total. The molecular formula is C20H23F3N4O3. The summed E-state index contributed by atoms with van der Waals surface area (Å²) in [5.74, 6) is -2.49. The molecule has 3 heterocycles. The quantitative estimate of drug-likeness (QED) is 0.802. The zero-order chi connectivity index (χ0) is 22.1. The zero-order valence-electron chi connectivity index (χ0n) is 16.7. The minimum absolute atomic E-state index is 0.264. The van der Waals surface area contributed by atoms with Crippen LogP contribution in [0.3, 0.4) is 0 Å². The fraction of sp³-hybridized carbons (Fsp3) is 0.450. The Kier molecular flexibility index (Phi) is 5.89. The number of carboxylic acid groups (broad SMARTS) is 1. The first-order valence-corrected chi connectivity index (χ1v) is 9.42. The fourth-order valence-electron chi connectivity index (χ4n) is 4.10. The molecule has 2 aliphatic rings. The number of benzene rings is 1. The highest BCUT2D eigenvalue weighted by atomic mass is 19.4. The number of alkyl halides is 3. The second kappa shape index (κ2) is 8.10. The molecule has 0 unspecified atom stereocenters. The van der Waals surface area contributed by atoms with Crippen LogP contribution in [0.5, 0.6) is 0 Å². The van der Waals surface area contributed by atoms with Crippen LogP contribution in [0, 0.1) is 0 Å². The van der Waals surface area contributed by atoms with Gasteiger partial charge in [-0.2, -0.15) is 18.3 Å². The molecule has 1 spiro atoms. The zero-order valence-corrected chi connectivity index (χ0v) is 16.7. The third kappa shape index (κ3) is 4.18. The molecule has 1 amide bonds. The lowest BCUT2D eigenvalue weighted by molar-refractivity contribution is -0.192. The minimum Gasteiger partial charge on any atom is -0.475 e. The fourth-order valence-corrected chi connectivity index (χ4v) is 4.10. The van der Waals surface area contributed by atoms with E-state index in [9.17, 15) is 18.0 Å². The first kappa shape index (κ1) is 21.8. The van der Waals surface area contributed by atoms with Crippen LogP contribution in [-0.2, 0) is 28.6 Å². The number of piperidine rings is 1. The van der Waals surface area contributed by atoms with Crippen molar-refractivity contribution in [3.05, 3.63) is 47.8 Å². The van der Waals surface area contributed by atoms with Gasteiger partial charge in [-0.1, -0.05) is 18.2 Å². The third-order valence-corrected chi connectivity index (χ3v) is 5.61. The molecule has 0 saturated carbocycles. The van der Waals surface area contributed by atoms with Gasteiger partial charge >= 0.3 is 12.1 Å². The predicted molar refractivity (Wildman–Crippen MR) is 103 cm³/mol. The smallest absolute Gasteiger partial charge is 0.475 e. The first-order valence-electron chi connectivity index (χ1n) is 9.42. The molecule has 30 heavy (non-hydrogen) atoms. The summed E-state index contributed by atoms with van der Waals surface area (Å²) in [6.07, 6.45) is 0.698. The standard InChI is InChI=1S/C18H22N4O.C2HF3O2/c1-20-12-14(11-19-20)13-22-9-7-18(8-10-22)15-5-3-4-6-16(15)21(2)17(18)23;3-2(4,5)1(6)7/h3-6,11-12H,7-10,13H2,1-2H3;(H,6,7). The van der Waals surface area contributed by atoms with E-state index < -0.39 is 12.1 Å². The van der Waals surface area contributed by atoms with Crippen LogP contribution in [0.4, 0.5) is 18.9 Å². The van der Waals surface area contributed by atoms with Crippen molar-refractivity contribution in [3.63, 3.8) is 0 Å². The van der Waals surface area contributed by atoms with Gasteiger partial charge in [0.05, 0.1) is 11.6 Å². The number of carboxylic acids is 1. The Morgan fingerprint density at radius 2 is 1.80 bits per heavy atom. The molecule has 1 fully saturated rings. The lowest BCUT2D eigenvalue weighted by Crippen LogP contribution is -2.47. The van der Waals surface area contributed by atoms with Gasteiger partial charge in [0.2, 0.25) is 5.91 Å². The van der Waals surface area contributed by atoms with Crippen LogP contribution in [-0.4, -0.2) is 58.0 Å². The van der Waals surface area contributed by atoms with Gasteiger partial charge in [0.1, 0.15) is 0 Å². The number of hydrogen-bond donors (Lipinski definition) is 1. The molecule has 2 aliphatic heterocycles. The van der Waals surface area contributed by atoms with E-state index in [2.05, 4.69) is 34.4 Å². The van der Waals surface area contributed by atoms with Gasteiger partial charge in [-0.25, -0.2) is 4.79 Å². The van der Waals surface area contributed by atoms with Gasteiger partial charge in [0.25, 0.3) is 0 Å². The molecular weight excluding hydrogens is 401 g/mol. The Balaban J connectivity index is 0.000000318. The Hall–Kier alpha value is -2.88. The van der Waals surface area contributed by atoms with Gasteiger partial charge in [-0.3, -0.25) is 14.4 Å². The van der Waals surface area contributed by atoms with Crippen LogP contribution in [0.25, 0.3) is 0 Å². The van der Waals surface area contributed by atoms with Gasteiger partial charge in [-0.05, 0) is 37.6 Å². The maximum atomic E-state index is 12.9. The number of aliphatic carboxylic acids is 1. The first-order chi connectivity index (χ1) is 14.0. The predicted octanol–water partition coefficient (Wildman–Crippen LogP) is 2.56. The molecule has 2 aromatic rings. The van der Waals surface area contributed by atoms with E-state index in [0.29, 0.717) is 0 Å². The maximum absolute atomic E-state index is 12.9. The molecule has 0 atom stereocenters. The van der Waals surface area contributed by atoms with E-state index in [4.69, 9.17) is 9.90 Å². The Labute approximate surface area is 171 Å². The minimum atomic E-state index is -5.08. The van der Waals surface area contributed by atoms with Crippen molar-refractivity contribution in [2.45, 2.75) is 31.0 Å². The SMILES string of the molecule is CN1C(=O)C2(CCN(Cc3cnn(C)c3)CC2)c2ccccc21.O=C(O)C(F)(F)F. The summed E-state index contributed by atoms with van der Waals surface area (Å²) in [5, 5.41) is 11.4. The van der Waals surface area contributed by atoms with Gasteiger partial charge in [0, 0.05) is 38.1 Å². The number of likely N-dealkylation sites (N-methyl/N-ethyl adjacent to an activating group) is 1. The number of nitrogens with zero attached hydrogens (tertiary/aromatic N) is 4. The van der Waals surface area contributed by atoms with Crippen LogP contribution >= 0.6 is 0 Å². The van der Waals surface area contributed by atoms with Crippen molar-refractivity contribution >= 4 is 17.6 Å². The lowest BCUT2D eigenvalue weighted by Gasteiger charge is -2.38. The van der Waals surface area contributed by atoms with Crippen molar-refractivity contribution in [2.75, 3.05) is 25.0 Å². The van der Waals surface area contributed by atoms with E-state index in [0.717, 1.165) is 38.2 Å². The van der Waals surface area contributed by atoms with Crippen LogP contribution in [0.15, 0.2) is 36.7 Å². The number of carbonyl (C=O) groups is 2.